The van der Waals surface area contributed by atoms with Gasteiger partial charge in [0.2, 0.25) is 0 Å². The van der Waals surface area contributed by atoms with E-state index < -0.39 is 0 Å². The maximum Gasteiger partial charge on any atom is 0.191 e. The van der Waals surface area contributed by atoms with Crippen molar-refractivity contribution >= 4 is 5.96 Å². The van der Waals surface area contributed by atoms with Gasteiger partial charge in [-0.1, -0.05) is 13.3 Å². The molecule has 0 aliphatic carbocycles. The van der Waals surface area contributed by atoms with Crippen LogP contribution in [0.4, 0.5) is 0 Å². The van der Waals surface area contributed by atoms with E-state index >= 15 is 0 Å². The molecule has 0 aliphatic rings. The first kappa shape index (κ1) is 17.6. The molecule has 0 aliphatic heterocycles. The molecule has 0 fully saturated rings. The molecule has 1 rings (SSSR count). The van der Waals surface area contributed by atoms with Gasteiger partial charge in [0.15, 0.2) is 5.96 Å². The molecule has 0 bridgehead atoms. The summed E-state index contributed by atoms with van der Waals surface area (Å²) in [4.78, 5) is 4.59. The first-order valence-corrected chi connectivity index (χ1v) is 7.90. The average Bonchev–Trinajstić information content (AvgIpc) is 3.00. The van der Waals surface area contributed by atoms with Gasteiger partial charge in [0.25, 0.3) is 0 Å². The van der Waals surface area contributed by atoms with Crippen LogP contribution >= 0.6 is 0 Å². The van der Waals surface area contributed by atoms with Gasteiger partial charge in [0, 0.05) is 39.8 Å². The van der Waals surface area contributed by atoms with Crippen molar-refractivity contribution in [3.8, 4) is 0 Å². The van der Waals surface area contributed by atoms with Crippen LogP contribution in [-0.2, 0) is 11.2 Å². The van der Waals surface area contributed by atoms with Gasteiger partial charge in [0.05, 0.1) is 6.26 Å². The lowest BCUT2D eigenvalue weighted by molar-refractivity contribution is 0.193. The van der Waals surface area contributed by atoms with E-state index in [1.165, 1.54) is 6.42 Å². The third-order valence-corrected chi connectivity index (χ3v) is 3.09. The van der Waals surface area contributed by atoms with Crippen LogP contribution in [-0.4, -0.2) is 39.3 Å². The minimum absolute atomic E-state index is 0.806. The molecule has 0 saturated carbocycles. The number of nitrogens with one attached hydrogen (secondary N) is 2. The number of ether oxygens (including phenoxy) is 1. The molecule has 1 heterocycles. The number of methoxy groups -OCH3 is 1. The Kier molecular flexibility index (Phi) is 10.3. The summed E-state index contributed by atoms with van der Waals surface area (Å²) in [7, 11) is 1.73. The number of aliphatic imine (C=N–C) groups is 1. The minimum atomic E-state index is 0.806. The quantitative estimate of drug-likeness (QED) is 0.374. The fraction of sp³-hybridized carbons (Fsp3) is 0.688. The standard InChI is InChI=1S/C16H29N3O2/c1-3-4-10-17-16(18-11-5-6-13-20-2)19-12-9-15-8-7-14-21-15/h7-8,14H,3-6,9-13H2,1-2H3,(H2,17,18,19). The molecule has 0 unspecified atom stereocenters. The molecule has 0 aromatic carbocycles. The van der Waals surface area contributed by atoms with Crippen molar-refractivity contribution in [1.82, 2.24) is 10.6 Å². The number of furan rings is 1. The Morgan fingerprint density at radius 3 is 2.81 bits per heavy atom. The first-order valence-electron chi connectivity index (χ1n) is 7.90. The van der Waals surface area contributed by atoms with Crippen LogP contribution in [0.2, 0.25) is 0 Å². The lowest BCUT2D eigenvalue weighted by Gasteiger charge is -2.12. The normalized spacial score (nSPS) is 11.6. The topological polar surface area (TPSA) is 58.8 Å². The highest BCUT2D eigenvalue weighted by molar-refractivity contribution is 5.79. The van der Waals surface area contributed by atoms with Gasteiger partial charge in [-0.3, -0.25) is 4.99 Å². The summed E-state index contributed by atoms with van der Waals surface area (Å²) in [6, 6.07) is 3.91. The Balaban J connectivity index is 2.26. The van der Waals surface area contributed by atoms with E-state index in [0.29, 0.717) is 0 Å². The molecule has 0 atom stereocenters. The number of nitrogens with zero attached hydrogens (tertiary/aromatic N) is 1. The highest BCUT2D eigenvalue weighted by atomic mass is 16.5. The fourth-order valence-electron chi connectivity index (χ4n) is 1.87. The Morgan fingerprint density at radius 2 is 2.10 bits per heavy atom. The number of hydrogen-bond acceptors (Lipinski definition) is 3. The molecular formula is C16H29N3O2. The van der Waals surface area contributed by atoms with Gasteiger partial charge in [0.1, 0.15) is 5.76 Å². The summed E-state index contributed by atoms with van der Waals surface area (Å²) in [6.45, 7) is 5.60. The zero-order valence-electron chi connectivity index (χ0n) is 13.4. The van der Waals surface area contributed by atoms with Crippen molar-refractivity contribution in [3.63, 3.8) is 0 Å². The Morgan fingerprint density at radius 1 is 1.24 bits per heavy atom. The Hall–Kier alpha value is -1.49. The van der Waals surface area contributed by atoms with Gasteiger partial charge in [-0.15, -0.1) is 0 Å². The maximum atomic E-state index is 5.33. The van der Waals surface area contributed by atoms with Gasteiger partial charge in [-0.25, -0.2) is 0 Å². The highest BCUT2D eigenvalue weighted by Crippen LogP contribution is 1.99. The number of guanidine groups is 1. The van der Waals surface area contributed by atoms with Crippen molar-refractivity contribution < 1.29 is 9.15 Å². The van der Waals surface area contributed by atoms with Crippen molar-refractivity contribution in [2.75, 3.05) is 33.4 Å². The fourth-order valence-corrected chi connectivity index (χ4v) is 1.87. The SMILES string of the molecule is CCCCNC(=NCCCCOC)NCCc1ccco1. The van der Waals surface area contributed by atoms with Crippen LogP contribution in [0.3, 0.4) is 0 Å². The van der Waals surface area contributed by atoms with E-state index in [1.807, 2.05) is 12.1 Å². The smallest absolute Gasteiger partial charge is 0.191 e. The van der Waals surface area contributed by atoms with Crippen molar-refractivity contribution in [2.24, 2.45) is 4.99 Å². The predicted octanol–water partition coefficient (Wildman–Crippen LogP) is 2.58. The van der Waals surface area contributed by atoms with Gasteiger partial charge in [-0.2, -0.15) is 0 Å². The molecule has 1 aromatic heterocycles. The molecule has 5 nitrogen and oxygen atoms in total. The highest BCUT2D eigenvalue weighted by Gasteiger charge is 1.99. The van der Waals surface area contributed by atoms with Crippen LogP contribution in [0.1, 0.15) is 38.4 Å². The predicted molar refractivity (Wildman–Crippen MR) is 86.7 cm³/mol. The second-order valence-electron chi connectivity index (χ2n) is 4.97. The molecule has 5 heteroatoms. The van der Waals surface area contributed by atoms with Crippen molar-refractivity contribution in [2.45, 2.75) is 39.0 Å². The van der Waals surface area contributed by atoms with E-state index in [-0.39, 0.29) is 0 Å². The van der Waals surface area contributed by atoms with E-state index in [9.17, 15) is 0 Å². The summed E-state index contributed by atoms with van der Waals surface area (Å²) in [5, 5.41) is 6.72. The summed E-state index contributed by atoms with van der Waals surface area (Å²) in [6.07, 6.45) is 7.01. The monoisotopic (exact) mass is 295 g/mol. The van der Waals surface area contributed by atoms with Crippen LogP contribution < -0.4 is 10.6 Å². The number of rotatable bonds is 11. The van der Waals surface area contributed by atoms with E-state index in [1.54, 1.807) is 13.4 Å². The zero-order chi connectivity index (χ0) is 15.2. The van der Waals surface area contributed by atoms with E-state index in [4.69, 9.17) is 9.15 Å². The molecule has 0 amide bonds. The third kappa shape index (κ3) is 9.13. The number of hydrogen-bond donors (Lipinski definition) is 2. The molecule has 0 radical (unpaired) electrons. The molecule has 1 aromatic rings. The molecular weight excluding hydrogens is 266 g/mol. The summed E-state index contributed by atoms with van der Waals surface area (Å²) in [5.74, 6) is 1.89. The first-order chi connectivity index (χ1) is 10.4. The molecule has 2 N–H and O–H groups in total. The second-order valence-corrected chi connectivity index (χ2v) is 4.97. The molecule has 120 valence electrons. The molecule has 0 saturated heterocycles. The largest absolute Gasteiger partial charge is 0.469 e. The van der Waals surface area contributed by atoms with E-state index in [2.05, 4.69) is 22.5 Å². The molecule has 0 spiro atoms. The lowest BCUT2D eigenvalue weighted by Crippen LogP contribution is -2.39. The van der Waals surface area contributed by atoms with Crippen LogP contribution in [0.5, 0.6) is 0 Å². The van der Waals surface area contributed by atoms with Gasteiger partial charge >= 0.3 is 0 Å². The average molecular weight is 295 g/mol. The summed E-state index contributed by atoms with van der Waals surface area (Å²) in [5.41, 5.74) is 0. The van der Waals surface area contributed by atoms with Crippen LogP contribution in [0, 0.1) is 0 Å². The maximum absolute atomic E-state index is 5.33. The second kappa shape index (κ2) is 12.3. The van der Waals surface area contributed by atoms with Crippen LogP contribution in [0.25, 0.3) is 0 Å². The lowest BCUT2D eigenvalue weighted by atomic mass is 10.3. The van der Waals surface area contributed by atoms with Gasteiger partial charge in [-0.05, 0) is 31.4 Å². The summed E-state index contributed by atoms with van der Waals surface area (Å²) >= 11 is 0. The van der Waals surface area contributed by atoms with E-state index in [0.717, 1.165) is 63.6 Å². The zero-order valence-corrected chi connectivity index (χ0v) is 13.4. The van der Waals surface area contributed by atoms with Crippen LogP contribution in [0.15, 0.2) is 27.8 Å². The Bertz CT molecular complexity index is 364. The van der Waals surface area contributed by atoms with Gasteiger partial charge < -0.3 is 19.8 Å². The summed E-state index contributed by atoms with van der Waals surface area (Å²) < 4.78 is 10.4. The molecule has 21 heavy (non-hydrogen) atoms. The minimum Gasteiger partial charge on any atom is -0.469 e. The third-order valence-electron chi connectivity index (χ3n) is 3.09. The van der Waals surface area contributed by atoms with Crippen molar-refractivity contribution in [1.29, 1.82) is 0 Å². The van der Waals surface area contributed by atoms with Crippen molar-refractivity contribution in [3.05, 3.63) is 24.2 Å². The number of unbranched alkanes of at least 4 members (excludes halogenated alkanes) is 2. The Labute approximate surface area is 128 Å².